The summed E-state index contributed by atoms with van der Waals surface area (Å²) in [6, 6.07) is 8.27. The van der Waals surface area contributed by atoms with Crippen molar-refractivity contribution in [1.29, 1.82) is 0 Å². The van der Waals surface area contributed by atoms with E-state index in [0.717, 1.165) is 38.5 Å². The molecule has 6 unspecified atom stereocenters. The van der Waals surface area contributed by atoms with Gasteiger partial charge in [0.2, 0.25) is 0 Å². The summed E-state index contributed by atoms with van der Waals surface area (Å²) in [6.45, 7) is 4.66. The fourth-order valence-corrected chi connectivity index (χ4v) is 9.47. The van der Waals surface area contributed by atoms with Crippen LogP contribution in [0, 0.1) is 17.8 Å². The van der Waals surface area contributed by atoms with E-state index in [1.165, 1.54) is 0 Å². The van der Waals surface area contributed by atoms with Crippen LogP contribution in [0.25, 0.3) is 0 Å². The van der Waals surface area contributed by atoms with Crippen molar-refractivity contribution in [2.75, 3.05) is 33.3 Å². The second kappa shape index (κ2) is 22.1. The van der Waals surface area contributed by atoms with Crippen molar-refractivity contribution >= 4 is 17.7 Å². The number of aliphatic hydroxyl groups excluding tert-OH is 5. The minimum Gasteiger partial charge on any atom is -0.450 e. The zero-order valence-corrected chi connectivity index (χ0v) is 35.3. The Bertz CT molecular complexity index is 1510. The van der Waals surface area contributed by atoms with Crippen LogP contribution in [0.15, 0.2) is 30.3 Å². The molecule has 5 aliphatic rings. The second-order valence-corrected chi connectivity index (χ2v) is 17.4. The maximum atomic E-state index is 14.0. The third-order valence-electron chi connectivity index (χ3n) is 13.3. The van der Waals surface area contributed by atoms with Gasteiger partial charge in [-0.1, -0.05) is 63.6 Å². The van der Waals surface area contributed by atoms with Gasteiger partial charge in [-0.05, 0) is 76.6 Å². The molecular weight excluding hydrogens is 780 g/mol. The van der Waals surface area contributed by atoms with E-state index in [4.69, 9.17) is 28.4 Å². The average molecular weight is 849 g/mol. The maximum Gasteiger partial charge on any atom is 0.338 e. The number of carbonyl (C=O) groups excluding carboxylic acids is 3. The zero-order valence-electron chi connectivity index (χ0n) is 35.3. The Labute approximate surface area is 353 Å². The summed E-state index contributed by atoms with van der Waals surface area (Å²) in [5.41, 5.74) is 0.208. The van der Waals surface area contributed by atoms with E-state index in [9.17, 15) is 39.9 Å². The molecule has 1 aromatic rings. The molecule has 0 spiro atoms. The number of nitrogens with zero attached hydrogens (tertiary/aromatic N) is 1. The molecule has 1 aromatic carbocycles. The fourth-order valence-electron chi connectivity index (χ4n) is 9.47. The molecule has 0 bridgehead atoms. The molecule has 16 heteroatoms. The quantitative estimate of drug-likeness (QED) is 0.0917. The summed E-state index contributed by atoms with van der Waals surface area (Å²) < 4.78 is 38.4. The molecule has 60 heavy (non-hydrogen) atoms. The first-order valence-electron chi connectivity index (χ1n) is 22.3. The largest absolute Gasteiger partial charge is 0.450 e. The van der Waals surface area contributed by atoms with Gasteiger partial charge in [-0.25, -0.2) is 4.79 Å². The van der Waals surface area contributed by atoms with Gasteiger partial charge in [-0.15, -0.1) is 0 Å². The van der Waals surface area contributed by atoms with Crippen LogP contribution in [-0.4, -0.2) is 161 Å². The molecule has 3 saturated heterocycles. The van der Waals surface area contributed by atoms with Crippen molar-refractivity contribution in [3.05, 3.63) is 35.9 Å². The standard InChI is InChI=1S/C44H68N2O14/c1-4-27-22-29(30(48)17-11-18-45-3)23-31(38(27)60-43-37(52)36(51)34(49)25(2)55-43)57-44-40(59-42(54)28-15-9-6-10-16-28)39(35(50)33(24-47)58-44)56-32(41(53)46-19-12-20-46)21-26-13-7-5-8-14-26/h6,9-10,15-16,25-27,29,31-40,43-45,47,49-52H,4-5,7-8,11-14,17-24H2,1-3H3/t25?,27?,29?,31-,32+,33+,34-,35+,36+,37?,38-,39?,40?,43+,44-/m1/s1. The summed E-state index contributed by atoms with van der Waals surface area (Å²) >= 11 is 0. The summed E-state index contributed by atoms with van der Waals surface area (Å²) in [5.74, 6) is -1.52. The lowest BCUT2D eigenvalue weighted by Crippen LogP contribution is -2.64. The highest BCUT2D eigenvalue weighted by atomic mass is 16.7. The Morgan fingerprint density at radius 1 is 0.867 bits per heavy atom. The first-order valence-corrected chi connectivity index (χ1v) is 22.3. The maximum absolute atomic E-state index is 14.0. The molecule has 3 heterocycles. The number of likely N-dealkylation sites (tertiary alicyclic amines) is 1. The number of hydrogen-bond acceptors (Lipinski definition) is 15. The van der Waals surface area contributed by atoms with E-state index >= 15 is 0 Å². The number of aliphatic hydroxyl groups is 5. The number of amides is 1. The number of carbonyl (C=O) groups is 3. The summed E-state index contributed by atoms with van der Waals surface area (Å²) in [4.78, 5) is 43.5. The summed E-state index contributed by atoms with van der Waals surface area (Å²) in [7, 11) is 1.82. The molecule has 15 atom stereocenters. The normalized spacial score (nSPS) is 36.9. The number of hydrogen-bond donors (Lipinski definition) is 6. The van der Waals surface area contributed by atoms with Gasteiger partial charge in [-0.2, -0.15) is 0 Å². The molecule has 1 amide bonds. The van der Waals surface area contributed by atoms with Crippen molar-refractivity contribution < 1.29 is 68.3 Å². The molecule has 2 aliphatic carbocycles. The van der Waals surface area contributed by atoms with Crippen molar-refractivity contribution in [2.24, 2.45) is 17.8 Å². The van der Waals surface area contributed by atoms with Gasteiger partial charge in [-0.3, -0.25) is 9.59 Å². The van der Waals surface area contributed by atoms with E-state index in [0.29, 0.717) is 51.7 Å². The first kappa shape index (κ1) is 46.9. The van der Waals surface area contributed by atoms with Crippen LogP contribution in [0.5, 0.6) is 0 Å². The highest BCUT2D eigenvalue weighted by Gasteiger charge is 2.54. The SMILES string of the molecule is CCC1CC(C(=O)CCCNC)C[C@@H](O[C@@H]2O[C@@H](CO)[C@H](O)C(O[C@@H](CC3CCCCC3)C(=O)N3CCC3)C2OC(=O)c2ccccc2)[C@@H]1O[C@@H]1OC(C)[C@@H](O)[C@H](O)C1O. The van der Waals surface area contributed by atoms with E-state index in [-0.39, 0.29) is 35.5 Å². The number of esters is 1. The average Bonchev–Trinajstić information content (AvgIpc) is 3.24. The second-order valence-electron chi connectivity index (χ2n) is 17.4. The molecule has 0 aromatic heterocycles. The van der Waals surface area contributed by atoms with E-state index in [2.05, 4.69) is 5.32 Å². The Balaban J connectivity index is 1.35. The summed E-state index contributed by atoms with van der Waals surface area (Å²) in [6.07, 6.45) is -8.42. The van der Waals surface area contributed by atoms with Crippen LogP contribution < -0.4 is 5.32 Å². The van der Waals surface area contributed by atoms with Gasteiger partial charge in [0.05, 0.1) is 30.5 Å². The molecule has 3 aliphatic heterocycles. The Morgan fingerprint density at radius 3 is 2.25 bits per heavy atom. The monoisotopic (exact) mass is 848 g/mol. The third-order valence-corrected chi connectivity index (χ3v) is 13.3. The van der Waals surface area contributed by atoms with Crippen LogP contribution in [0.2, 0.25) is 0 Å². The van der Waals surface area contributed by atoms with Gasteiger partial charge in [0.25, 0.3) is 5.91 Å². The minimum atomic E-state index is -1.61. The van der Waals surface area contributed by atoms with E-state index in [1.807, 2.05) is 14.0 Å². The van der Waals surface area contributed by atoms with Crippen LogP contribution in [0.4, 0.5) is 0 Å². The molecule has 2 saturated carbocycles. The number of ketones is 1. The van der Waals surface area contributed by atoms with Crippen molar-refractivity contribution in [3.8, 4) is 0 Å². The van der Waals surface area contributed by atoms with Crippen LogP contribution >= 0.6 is 0 Å². The summed E-state index contributed by atoms with van der Waals surface area (Å²) in [5, 5.41) is 57.7. The highest BCUT2D eigenvalue weighted by molar-refractivity contribution is 5.89. The van der Waals surface area contributed by atoms with Crippen LogP contribution in [0.3, 0.4) is 0 Å². The molecule has 6 N–H and O–H groups in total. The lowest BCUT2D eigenvalue weighted by atomic mass is 9.74. The fraction of sp³-hybridized carbons (Fsp3) is 0.795. The van der Waals surface area contributed by atoms with Gasteiger partial charge in [0.15, 0.2) is 18.7 Å². The highest BCUT2D eigenvalue weighted by Crippen LogP contribution is 2.41. The molecule has 0 radical (unpaired) electrons. The number of benzene rings is 1. The zero-order chi connectivity index (χ0) is 42.9. The molecule has 5 fully saturated rings. The molecule has 16 nitrogen and oxygen atoms in total. The van der Waals surface area contributed by atoms with Crippen molar-refractivity contribution in [1.82, 2.24) is 10.2 Å². The van der Waals surface area contributed by atoms with E-state index in [1.54, 1.807) is 42.2 Å². The van der Waals surface area contributed by atoms with Crippen molar-refractivity contribution in [2.45, 2.75) is 171 Å². The Morgan fingerprint density at radius 2 is 1.60 bits per heavy atom. The Kier molecular flexibility index (Phi) is 17.3. The van der Waals surface area contributed by atoms with Gasteiger partial charge < -0.3 is 64.2 Å². The number of nitrogens with one attached hydrogen (secondary N) is 1. The molecule has 338 valence electrons. The van der Waals surface area contributed by atoms with Gasteiger partial charge >= 0.3 is 5.97 Å². The Hall–Kier alpha value is -2.61. The van der Waals surface area contributed by atoms with Crippen molar-refractivity contribution in [3.63, 3.8) is 0 Å². The van der Waals surface area contributed by atoms with Gasteiger partial charge in [0, 0.05) is 25.4 Å². The lowest BCUT2D eigenvalue weighted by molar-refractivity contribution is -0.349. The lowest BCUT2D eigenvalue weighted by Gasteiger charge is -2.49. The smallest absolute Gasteiger partial charge is 0.338 e. The third kappa shape index (κ3) is 11.3. The minimum absolute atomic E-state index is 0.0356. The molecular formula is C44H68N2O14. The predicted molar refractivity (Wildman–Crippen MR) is 215 cm³/mol. The van der Waals surface area contributed by atoms with Crippen LogP contribution in [-0.2, 0) is 38.0 Å². The topological polar surface area (TPSA) is 223 Å². The number of rotatable bonds is 18. The van der Waals surface area contributed by atoms with E-state index < -0.39 is 98.2 Å². The first-order chi connectivity index (χ1) is 28.9. The van der Waals surface area contributed by atoms with Gasteiger partial charge in [0.1, 0.15) is 48.5 Å². The van der Waals surface area contributed by atoms with Crippen LogP contribution in [0.1, 0.15) is 101 Å². The predicted octanol–water partition coefficient (Wildman–Crippen LogP) is 1.85. The molecule has 6 rings (SSSR count). The number of Topliss-reactive ketones (excluding diaryl/α,β-unsaturated/α-hetero) is 1. The number of ether oxygens (including phenoxy) is 6.